The van der Waals surface area contributed by atoms with E-state index in [4.69, 9.17) is 37.5 Å². The quantitative estimate of drug-likeness (QED) is 0.377. The number of hydroxylamine groups is 1. The molecule has 3 aromatic carbocycles. The Bertz CT molecular complexity index is 1490. The standard InChI is InChI=1S/C31H30Cl2N4O5/c32-25-8-6-22(14-26(25)33)19-42-34-24-16-27(37(18-24)30(38)23-4-2-1-3-5-23)31(39)36-12-10-35(11-13-36)17-21-7-9-28-29(15-21)41-20-40-28/h1-9,14-16,27,34H,10-13,17-20H2. The molecule has 2 amide bonds. The summed E-state index contributed by atoms with van der Waals surface area (Å²) in [7, 11) is 0. The zero-order valence-corrected chi connectivity index (χ0v) is 24.3. The second-order valence-corrected chi connectivity index (χ2v) is 11.2. The van der Waals surface area contributed by atoms with Crippen LogP contribution in [-0.2, 0) is 22.8 Å². The van der Waals surface area contributed by atoms with E-state index in [1.165, 1.54) is 0 Å². The van der Waals surface area contributed by atoms with Crippen LogP contribution in [0.5, 0.6) is 11.5 Å². The van der Waals surface area contributed by atoms with Crippen LogP contribution < -0.4 is 15.0 Å². The van der Waals surface area contributed by atoms with Crippen molar-refractivity contribution in [3.63, 3.8) is 0 Å². The van der Waals surface area contributed by atoms with Crippen LogP contribution in [0.25, 0.3) is 0 Å². The Morgan fingerprint density at radius 2 is 1.64 bits per heavy atom. The zero-order chi connectivity index (χ0) is 29.1. The molecule has 0 saturated carbocycles. The van der Waals surface area contributed by atoms with Gasteiger partial charge in [0.25, 0.3) is 5.91 Å². The minimum Gasteiger partial charge on any atom is -0.454 e. The van der Waals surface area contributed by atoms with Gasteiger partial charge in [-0.1, -0.05) is 53.5 Å². The monoisotopic (exact) mass is 608 g/mol. The van der Waals surface area contributed by atoms with Gasteiger partial charge in [-0.15, -0.1) is 0 Å². The number of hydrogen-bond donors (Lipinski definition) is 1. The third-order valence-electron chi connectivity index (χ3n) is 7.52. The van der Waals surface area contributed by atoms with Crippen molar-refractivity contribution in [3.05, 3.63) is 105 Å². The van der Waals surface area contributed by atoms with E-state index in [0.29, 0.717) is 34.4 Å². The molecule has 3 aliphatic rings. The summed E-state index contributed by atoms with van der Waals surface area (Å²) < 4.78 is 10.9. The summed E-state index contributed by atoms with van der Waals surface area (Å²) in [4.78, 5) is 38.7. The first kappa shape index (κ1) is 28.4. The molecule has 3 aliphatic heterocycles. The van der Waals surface area contributed by atoms with E-state index in [9.17, 15) is 9.59 Å². The van der Waals surface area contributed by atoms with Crippen LogP contribution >= 0.6 is 23.2 Å². The fraction of sp³-hybridized carbons (Fsp3) is 0.290. The number of nitrogens with zero attached hydrogens (tertiary/aromatic N) is 3. The third-order valence-corrected chi connectivity index (χ3v) is 8.26. The SMILES string of the molecule is O=C(C1C=C(NOCc2ccc(Cl)c(Cl)c2)CN1C(=O)c1ccccc1)N1CCN(Cc2ccc3c(c2)OCO3)CC1. The summed E-state index contributed by atoms with van der Waals surface area (Å²) in [5.74, 6) is 1.21. The number of amides is 2. The maximum Gasteiger partial charge on any atom is 0.255 e. The average Bonchev–Trinajstić information content (AvgIpc) is 3.66. The van der Waals surface area contributed by atoms with Gasteiger partial charge in [-0.25, -0.2) is 0 Å². The molecule has 0 spiro atoms. The number of benzene rings is 3. The molecule has 42 heavy (non-hydrogen) atoms. The van der Waals surface area contributed by atoms with E-state index in [2.05, 4.69) is 10.4 Å². The molecule has 9 nitrogen and oxygen atoms in total. The van der Waals surface area contributed by atoms with Crippen molar-refractivity contribution < 1.29 is 23.9 Å². The summed E-state index contributed by atoms with van der Waals surface area (Å²) in [5, 5.41) is 0.913. The molecular weight excluding hydrogens is 579 g/mol. The lowest BCUT2D eigenvalue weighted by molar-refractivity contribution is -0.136. The molecule has 3 aromatic rings. The minimum absolute atomic E-state index is 0.108. The Kier molecular flexibility index (Phi) is 8.53. The normalized spacial score (nSPS) is 18.2. The van der Waals surface area contributed by atoms with Gasteiger partial charge < -0.3 is 19.3 Å². The van der Waals surface area contributed by atoms with Crippen LogP contribution in [0.15, 0.2) is 78.5 Å². The Morgan fingerprint density at radius 3 is 2.43 bits per heavy atom. The van der Waals surface area contributed by atoms with Crippen molar-refractivity contribution in [2.75, 3.05) is 39.5 Å². The van der Waals surface area contributed by atoms with Crippen molar-refractivity contribution >= 4 is 35.0 Å². The van der Waals surface area contributed by atoms with Crippen molar-refractivity contribution in [2.24, 2.45) is 0 Å². The van der Waals surface area contributed by atoms with Crippen LogP contribution in [0, 0.1) is 0 Å². The summed E-state index contributed by atoms with van der Waals surface area (Å²) in [6.45, 7) is 4.03. The molecule has 11 heteroatoms. The van der Waals surface area contributed by atoms with Gasteiger partial charge in [-0.05, 0) is 53.6 Å². The summed E-state index contributed by atoms with van der Waals surface area (Å²) in [6, 6.07) is 19.5. The molecule has 0 bridgehead atoms. The maximum absolute atomic E-state index is 13.8. The van der Waals surface area contributed by atoms with Gasteiger partial charge in [0.15, 0.2) is 11.5 Å². The van der Waals surface area contributed by atoms with Gasteiger partial charge in [0.2, 0.25) is 12.7 Å². The lowest BCUT2D eigenvalue weighted by Crippen LogP contribution is -2.54. The van der Waals surface area contributed by atoms with Gasteiger partial charge >= 0.3 is 0 Å². The predicted molar refractivity (Wildman–Crippen MR) is 158 cm³/mol. The van der Waals surface area contributed by atoms with E-state index in [1.54, 1.807) is 35.2 Å². The highest BCUT2D eigenvalue weighted by molar-refractivity contribution is 6.42. The highest BCUT2D eigenvalue weighted by atomic mass is 35.5. The second kappa shape index (κ2) is 12.6. The van der Waals surface area contributed by atoms with E-state index in [1.807, 2.05) is 47.4 Å². The first-order valence-electron chi connectivity index (χ1n) is 13.7. The van der Waals surface area contributed by atoms with Crippen molar-refractivity contribution in [3.8, 4) is 11.5 Å². The van der Waals surface area contributed by atoms with Crippen LogP contribution in [0.2, 0.25) is 10.0 Å². The Balaban J connectivity index is 1.10. The lowest BCUT2D eigenvalue weighted by atomic mass is 10.1. The fourth-order valence-electron chi connectivity index (χ4n) is 5.28. The Labute approximate surface area is 254 Å². The molecule has 1 fully saturated rings. The van der Waals surface area contributed by atoms with Crippen LogP contribution in [-0.4, -0.2) is 72.1 Å². The maximum atomic E-state index is 13.8. The number of rotatable bonds is 8. The third kappa shape index (κ3) is 6.34. The van der Waals surface area contributed by atoms with Crippen LogP contribution in [0.3, 0.4) is 0 Å². The molecule has 0 aliphatic carbocycles. The molecular formula is C31H30Cl2N4O5. The van der Waals surface area contributed by atoms with Gasteiger partial charge in [0.05, 0.1) is 28.9 Å². The summed E-state index contributed by atoms with van der Waals surface area (Å²) >= 11 is 12.1. The van der Waals surface area contributed by atoms with Crippen molar-refractivity contribution in [1.29, 1.82) is 0 Å². The largest absolute Gasteiger partial charge is 0.454 e. The molecule has 0 aromatic heterocycles. The number of carbonyl (C=O) groups excluding carboxylic acids is 2. The van der Waals surface area contributed by atoms with Crippen molar-refractivity contribution in [2.45, 2.75) is 19.2 Å². The summed E-state index contributed by atoms with van der Waals surface area (Å²) in [5.41, 5.74) is 6.06. The predicted octanol–water partition coefficient (Wildman–Crippen LogP) is 4.50. The van der Waals surface area contributed by atoms with Crippen LogP contribution in [0.1, 0.15) is 21.5 Å². The van der Waals surface area contributed by atoms with Crippen molar-refractivity contribution in [1.82, 2.24) is 20.2 Å². The second-order valence-electron chi connectivity index (χ2n) is 10.4. The zero-order valence-electron chi connectivity index (χ0n) is 22.8. The van der Waals surface area contributed by atoms with E-state index < -0.39 is 6.04 Å². The molecule has 1 saturated heterocycles. The van der Waals surface area contributed by atoms with Gasteiger partial charge in [0.1, 0.15) is 6.04 Å². The number of ether oxygens (including phenoxy) is 2. The number of hydrogen-bond acceptors (Lipinski definition) is 7. The molecule has 0 radical (unpaired) electrons. The van der Waals surface area contributed by atoms with E-state index in [-0.39, 0.29) is 31.8 Å². The molecule has 1 unspecified atom stereocenters. The lowest BCUT2D eigenvalue weighted by Gasteiger charge is -2.37. The van der Waals surface area contributed by atoms with E-state index >= 15 is 0 Å². The number of halogens is 2. The number of piperazine rings is 1. The highest BCUT2D eigenvalue weighted by Crippen LogP contribution is 2.33. The van der Waals surface area contributed by atoms with Gasteiger partial charge in [0, 0.05) is 38.3 Å². The first-order chi connectivity index (χ1) is 20.4. The first-order valence-corrected chi connectivity index (χ1v) is 14.5. The molecule has 218 valence electrons. The molecule has 1 N–H and O–H groups in total. The van der Waals surface area contributed by atoms with Gasteiger partial charge in [-0.3, -0.25) is 24.8 Å². The average molecular weight is 610 g/mol. The highest BCUT2D eigenvalue weighted by Gasteiger charge is 2.38. The van der Waals surface area contributed by atoms with E-state index in [0.717, 1.165) is 42.3 Å². The number of carbonyl (C=O) groups is 2. The molecule has 3 heterocycles. The topological polar surface area (TPSA) is 83.6 Å². The molecule has 6 rings (SSSR count). The number of fused-ring (bicyclic) bond motifs is 1. The number of nitrogens with one attached hydrogen (secondary N) is 1. The smallest absolute Gasteiger partial charge is 0.255 e. The Hall–Kier alpha value is -3.76. The fourth-order valence-corrected chi connectivity index (χ4v) is 5.60. The van der Waals surface area contributed by atoms with Gasteiger partial charge in [-0.2, -0.15) is 0 Å². The minimum atomic E-state index is -0.741. The van der Waals surface area contributed by atoms with Crippen LogP contribution in [0.4, 0.5) is 0 Å². The Morgan fingerprint density at radius 1 is 0.881 bits per heavy atom. The summed E-state index contributed by atoms with van der Waals surface area (Å²) in [6.07, 6.45) is 1.77. The molecule has 1 atom stereocenters.